The van der Waals surface area contributed by atoms with E-state index in [4.69, 9.17) is 28.3 Å². The first-order valence-corrected chi connectivity index (χ1v) is 3.70. The van der Waals surface area contributed by atoms with Gasteiger partial charge in [-0.2, -0.15) is 13.2 Å². The van der Waals surface area contributed by atoms with Crippen LogP contribution in [0.15, 0.2) is 0 Å². The highest BCUT2D eigenvalue weighted by atomic mass is 35.5. The fourth-order valence-corrected chi connectivity index (χ4v) is 0.909. The summed E-state index contributed by atoms with van der Waals surface area (Å²) in [6.45, 7) is 0. The summed E-state index contributed by atoms with van der Waals surface area (Å²) in [7, 11) is 0. The van der Waals surface area contributed by atoms with Gasteiger partial charge in [0.1, 0.15) is 4.84 Å². The van der Waals surface area contributed by atoms with Crippen molar-refractivity contribution in [2.24, 2.45) is 5.92 Å². The average Bonchev–Trinajstić information content (AvgIpc) is 1.79. The van der Waals surface area contributed by atoms with Gasteiger partial charge < -0.3 is 5.11 Å². The standard InChI is InChI=1S/C5H5Cl2F3O2/c6-3(7)1-2(4(11)12)5(8,9)10/h2-3H,1H2,(H,11,12). The van der Waals surface area contributed by atoms with Crippen LogP contribution < -0.4 is 0 Å². The molecule has 0 saturated heterocycles. The molecule has 0 aliphatic rings. The van der Waals surface area contributed by atoms with Crippen LogP contribution >= 0.6 is 23.2 Å². The lowest BCUT2D eigenvalue weighted by molar-refractivity contribution is -0.194. The van der Waals surface area contributed by atoms with Gasteiger partial charge in [-0.25, -0.2) is 0 Å². The number of carboxylic acid groups (broad SMARTS) is 1. The summed E-state index contributed by atoms with van der Waals surface area (Å²) >= 11 is 10.0. The summed E-state index contributed by atoms with van der Waals surface area (Å²) in [5.41, 5.74) is 0. The Morgan fingerprint density at radius 1 is 1.42 bits per heavy atom. The van der Waals surface area contributed by atoms with Crippen molar-refractivity contribution in [3.8, 4) is 0 Å². The molecule has 12 heavy (non-hydrogen) atoms. The van der Waals surface area contributed by atoms with Crippen molar-refractivity contribution in [2.45, 2.75) is 17.4 Å². The van der Waals surface area contributed by atoms with Gasteiger partial charge in [0.05, 0.1) is 0 Å². The fraction of sp³-hybridized carbons (Fsp3) is 0.800. The van der Waals surface area contributed by atoms with Crippen LogP contribution in [-0.4, -0.2) is 22.1 Å². The number of rotatable bonds is 3. The molecule has 0 fully saturated rings. The molecule has 0 saturated carbocycles. The molecule has 0 aliphatic heterocycles. The minimum absolute atomic E-state index is 0.831. The van der Waals surface area contributed by atoms with Gasteiger partial charge in [-0.15, -0.1) is 23.2 Å². The van der Waals surface area contributed by atoms with E-state index in [1.54, 1.807) is 0 Å². The Balaban J connectivity index is 4.35. The molecule has 0 aromatic rings. The zero-order chi connectivity index (χ0) is 9.94. The van der Waals surface area contributed by atoms with Crippen molar-refractivity contribution in [2.75, 3.05) is 0 Å². The Hall–Kier alpha value is -0.160. The van der Waals surface area contributed by atoms with Crippen LogP contribution in [0.4, 0.5) is 13.2 Å². The Labute approximate surface area is 76.3 Å². The number of halogens is 5. The van der Waals surface area contributed by atoms with Gasteiger partial charge in [0.2, 0.25) is 0 Å². The van der Waals surface area contributed by atoms with Crippen LogP contribution in [-0.2, 0) is 4.79 Å². The van der Waals surface area contributed by atoms with Crippen molar-refractivity contribution in [3.63, 3.8) is 0 Å². The molecule has 0 heterocycles. The van der Waals surface area contributed by atoms with Gasteiger partial charge in [-0.3, -0.25) is 4.79 Å². The van der Waals surface area contributed by atoms with E-state index in [0.717, 1.165) is 0 Å². The van der Waals surface area contributed by atoms with Gasteiger partial charge in [0, 0.05) is 0 Å². The smallest absolute Gasteiger partial charge is 0.402 e. The molecule has 0 radical (unpaired) electrons. The average molecular weight is 225 g/mol. The van der Waals surface area contributed by atoms with Crippen LogP contribution in [0, 0.1) is 5.92 Å². The Kier molecular flexibility index (Phi) is 4.13. The molecule has 1 atom stereocenters. The number of carboxylic acids is 1. The number of carbonyl (C=O) groups is 1. The lowest BCUT2D eigenvalue weighted by Gasteiger charge is -2.15. The number of hydrogen-bond donors (Lipinski definition) is 1. The zero-order valence-corrected chi connectivity index (χ0v) is 7.12. The first-order valence-electron chi connectivity index (χ1n) is 2.82. The maximum absolute atomic E-state index is 11.8. The van der Waals surface area contributed by atoms with E-state index < -0.39 is 29.3 Å². The maximum Gasteiger partial charge on any atom is 0.402 e. The summed E-state index contributed by atoms with van der Waals surface area (Å²) < 4.78 is 35.5. The van der Waals surface area contributed by atoms with Crippen LogP contribution in [0.25, 0.3) is 0 Å². The predicted octanol–water partition coefficient (Wildman–Crippen LogP) is 2.44. The van der Waals surface area contributed by atoms with Gasteiger partial charge in [-0.1, -0.05) is 0 Å². The second kappa shape index (κ2) is 4.18. The van der Waals surface area contributed by atoms with Crippen molar-refractivity contribution < 1.29 is 23.1 Å². The van der Waals surface area contributed by atoms with E-state index in [9.17, 15) is 18.0 Å². The van der Waals surface area contributed by atoms with Crippen LogP contribution in [0.2, 0.25) is 0 Å². The number of aliphatic carboxylic acids is 1. The third-order valence-electron chi connectivity index (χ3n) is 1.11. The van der Waals surface area contributed by atoms with Crippen molar-refractivity contribution in [1.29, 1.82) is 0 Å². The molecule has 0 aromatic heterocycles. The van der Waals surface area contributed by atoms with Crippen LogP contribution in [0.5, 0.6) is 0 Å². The summed E-state index contributed by atoms with van der Waals surface area (Å²) in [6.07, 6.45) is -5.63. The van der Waals surface area contributed by atoms with E-state index in [-0.39, 0.29) is 0 Å². The monoisotopic (exact) mass is 224 g/mol. The lowest BCUT2D eigenvalue weighted by atomic mass is 10.1. The third kappa shape index (κ3) is 4.01. The Morgan fingerprint density at radius 2 is 1.83 bits per heavy atom. The molecule has 7 heteroatoms. The molecule has 1 unspecified atom stereocenters. The topological polar surface area (TPSA) is 37.3 Å². The molecule has 1 N–H and O–H groups in total. The fourth-order valence-electron chi connectivity index (χ4n) is 0.553. The molecule has 2 nitrogen and oxygen atoms in total. The van der Waals surface area contributed by atoms with E-state index in [1.165, 1.54) is 0 Å². The number of hydrogen-bond acceptors (Lipinski definition) is 1. The molecule has 0 spiro atoms. The van der Waals surface area contributed by atoms with E-state index in [0.29, 0.717) is 0 Å². The second-order valence-corrected chi connectivity index (χ2v) is 3.34. The van der Waals surface area contributed by atoms with E-state index in [1.807, 2.05) is 0 Å². The largest absolute Gasteiger partial charge is 0.481 e. The molecule has 0 amide bonds. The second-order valence-electron chi connectivity index (χ2n) is 2.06. The minimum Gasteiger partial charge on any atom is -0.481 e. The molecule has 72 valence electrons. The first-order chi connectivity index (χ1) is 5.25. The van der Waals surface area contributed by atoms with Crippen LogP contribution in [0.3, 0.4) is 0 Å². The Morgan fingerprint density at radius 3 is 1.92 bits per heavy atom. The van der Waals surface area contributed by atoms with E-state index >= 15 is 0 Å². The molecular weight excluding hydrogens is 220 g/mol. The van der Waals surface area contributed by atoms with Crippen molar-refractivity contribution in [1.82, 2.24) is 0 Å². The quantitative estimate of drug-likeness (QED) is 0.749. The van der Waals surface area contributed by atoms with Crippen molar-refractivity contribution >= 4 is 29.2 Å². The van der Waals surface area contributed by atoms with Crippen LogP contribution in [0.1, 0.15) is 6.42 Å². The SMILES string of the molecule is O=C(O)C(CC(Cl)Cl)C(F)(F)F. The van der Waals surface area contributed by atoms with Crippen molar-refractivity contribution in [3.05, 3.63) is 0 Å². The number of alkyl halides is 5. The summed E-state index contributed by atoms with van der Waals surface area (Å²) in [5, 5.41) is 8.12. The van der Waals surface area contributed by atoms with Gasteiger partial charge in [0.15, 0.2) is 5.92 Å². The van der Waals surface area contributed by atoms with Gasteiger partial charge in [0.25, 0.3) is 0 Å². The highest BCUT2D eigenvalue weighted by Gasteiger charge is 2.45. The highest BCUT2D eigenvalue weighted by Crippen LogP contribution is 2.31. The van der Waals surface area contributed by atoms with E-state index in [2.05, 4.69) is 0 Å². The highest BCUT2D eigenvalue weighted by molar-refractivity contribution is 6.44. The first kappa shape index (κ1) is 11.8. The normalized spacial score (nSPS) is 14.8. The summed E-state index contributed by atoms with van der Waals surface area (Å²) in [4.78, 5) is 8.72. The third-order valence-corrected chi connectivity index (χ3v) is 1.46. The Bertz CT molecular complexity index is 169. The molecular formula is C5H5Cl2F3O2. The van der Waals surface area contributed by atoms with Gasteiger partial charge in [-0.05, 0) is 6.42 Å². The lowest BCUT2D eigenvalue weighted by Crippen LogP contribution is -2.31. The summed E-state index contributed by atoms with van der Waals surface area (Å²) in [5.74, 6) is -4.45. The molecule has 0 rings (SSSR count). The maximum atomic E-state index is 11.8. The zero-order valence-electron chi connectivity index (χ0n) is 5.61. The van der Waals surface area contributed by atoms with Gasteiger partial charge >= 0.3 is 12.1 Å². The summed E-state index contributed by atoms with van der Waals surface area (Å²) in [6, 6.07) is 0. The predicted molar refractivity (Wildman–Crippen MR) is 37.3 cm³/mol. The molecule has 0 bridgehead atoms. The minimum atomic E-state index is -4.80. The molecule has 0 aromatic carbocycles. The molecule has 0 aliphatic carbocycles.